The lowest BCUT2D eigenvalue weighted by atomic mass is 10.1. The van der Waals surface area contributed by atoms with Gasteiger partial charge in [-0.05, 0) is 24.3 Å². The van der Waals surface area contributed by atoms with Gasteiger partial charge in [0.25, 0.3) is 5.91 Å². The fourth-order valence-electron chi connectivity index (χ4n) is 2.27. The first kappa shape index (κ1) is 16.7. The minimum Gasteiger partial charge on any atom is -0.332 e. The lowest BCUT2D eigenvalue weighted by molar-refractivity contribution is -0.236. The first-order chi connectivity index (χ1) is 10.7. The average molecular weight is 319 g/mol. The van der Waals surface area contributed by atoms with Crippen molar-refractivity contribution in [1.82, 2.24) is 5.32 Å². The van der Waals surface area contributed by atoms with Crippen molar-refractivity contribution < 1.29 is 14.3 Å². The molecule has 0 radical (unpaired) electrons. The fraction of sp³-hybridized carbons (Fsp3) is 0.353. The molecule has 22 heavy (non-hydrogen) atoms. The minimum absolute atomic E-state index is 0.0934. The summed E-state index contributed by atoms with van der Waals surface area (Å²) >= 11 is 1.71. The van der Waals surface area contributed by atoms with Gasteiger partial charge >= 0.3 is 0 Å². The molecule has 2 aromatic rings. The highest BCUT2D eigenvalue weighted by Gasteiger charge is 2.33. The second-order valence-electron chi connectivity index (χ2n) is 4.87. The van der Waals surface area contributed by atoms with Gasteiger partial charge in [0.1, 0.15) is 0 Å². The Bertz CT molecular complexity index is 565. The Morgan fingerprint density at radius 1 is 1.14 bits per heavy atom. The molecule has 0 atom stereocenters. The van der Waals surface area contributed by atoms with Crippen LogP contribution in [0.3, 0.4) is 0 Å². The monoisotopic (exact) mass is 319 g/mol. The number of carbonyl (C=O) groups is 1. The number of nitrogens with one attached hydrogen (secondary N) is 1. The van der Waals surface area contributed by atoms with E-state index >= 15 is 0 Å². The van der Waals surface area contributed by atoms with Crippen LogP contribution in [0, 0.1) is 0 Å². The van der Waals surface area contributed by atoms with Crippen molar-refractivity contribution in [2.45, 2.75) is 25.2 Å². The van der Waals surface area contributed by atoms with Crippen LogP contribution < -0.4 is 5.32 Å². The Kier molecular flexibility index (Phi) is 6.12. The summed E-state index contributed by atoms with van der Waals surface area (Å²) in [5, 5.41) is 4.89. The van der Waals surface area contributed by atoms with E-state index in [2.05, 4.69) is 11.4 Å². The van der Waals surface area contributed by atoms with Crippen LogP contribution in [0.15, 0.2) is 47.8 Å². The highest BCUT2D eigenvalue weighted by molar-refractivity contribution is 7.09. The topological polar surface area (TPSA) is 47.6 Å². The highest BCUT2D eigenvalue weighted by atomic mass is 32.1. The van der Waals surface area contributed by atoms with E-state index in [0.29, 0.717) is 6.42 Å². The summed E-state index contributed by atoms with van der Waals surface area (Å²) in [5.74, 6) is -1.33. The molecule has 1 heterocycles. The Morgan fingerprint density at radius 2 is 1.86 bits per heavy atom. The number of amides is 1. The lowest BCUT2D eigenvalue weighted by Gasteiger charge is -2.31. The Labute approximate surface area is 135 Å². The van der Waals surface area contributed by atoms with Gasteiger partial charge < -0.3 is 14.8 Å². The number of benzene rings is 1. The van der Waals surface area contributed by atoms with Crippen molar-refractivity contribution >= 4 is 17.2 Å². The Hall–Kier alpha value is -1.69. The quantitative estimate of drug-likeness (QED) is 0.760. The van der Waals surface area contributed by atoms with Crippen LogP contribution in [0.5, 0.6) is 0 Å². The Morgan fingerprint density at radius 3 is 2.45 bits per heavy atom. The second-order valence-corrected chi connectivity index (χ2v) is 5.90. The summed E-state index contributed by atoms with van der Waals surface area (Å²) in [6.07, 6.45) is 2.13. The van der Waals surface area contributed by atoms with Crippen LogP contribution >= 0.6 is 11.3 Å². The van der Waals surface area contributed by atoms with Gasteiger partial charge in [-0.3, -0.25) is 4.79 Å². The van der Waals surface area contributed by atoms with Crippen LogP contribution in [0.25, 0.3) is 0 Å². The molecule has 0 saturated carbocycles. The predicted octanol–water partition coefficient (Wildman–Crippen LogP) is 3.29. The summed E-state index contributed by atoms with van der Waals surface area (Å²) in [6.45, 7) is 0. The van der Waals surface area contributed by atoms with E-state index in [9.17, 15) is 4.79 Å². The van der Waals surface area contributed by atoms with Crippen molar-refractivity contribution in [3.8, 4) is 0 Å². The maximum Gasteiger partial charge on any atom is 0.279 e. The van der Waals surface area contributed by atoms with Gasteiger partial charge in [0.2, 0.25) is 5.91 Å². The molecule has 118 valence electrons. The number of rotatable bonds is 8. The zero-order valence-corrected chi connectivity index (χ0v) is 13.7. The fourth-order valence-corrected chi connectivity index (χ4v) is 3.03. The van der Waals surface area contributed by atoms with Crippen LogP contribution in [0.2, 0.25) is 0 Å². The van der Waals surface area contributed by atoms with Crippen molar-refractivity contribution in [1.29, 1.82) is 0 Å². The lowest BCUT2D eigenvalue weighted by Crippen LogP contribution is -2.48. The molecule has 0 aliphatic heterocycles. The van der Waals surface area contributed by atoms with Gasteiger partial charge in [-0.2, -0.15) is 0 Å². The molecule has 0 bridgehead atoms. The molecular weight excluding hydrogens is 298 g/mol. The average Bonchev–Trinajstić information content (AvgIpc) is 3.07. The van der Waals surface area contributed by atoms with E-state index < -0.39 is 5.91 Å². The molecule has 4 nitrogen and oxygen atoms in total. The summed E-state index contributed by atoms with van der Waals surface area (Å²) in [5.41, 5.74) is 0.756. The summed E-state index contributed by atoms with van der Waals surface area (Å²) < 4.78 is 10.9. The smallest absolute Gasteiger partial charge is 0.279 e. The number of ether oxygens (including phenoxy) is 2. The summed E-state index contributed by atoms with van der Waals surface area (Å²) in [6, 6.07) is 13.5. The molecule has 0 spiro atoms. The molecule has 0 saturated heterocycles. The van der Waals surface area contributed by atoms with Gasteiger partial charge in [-0.1, -0.05) is 36.4 Å². The SMILES string of the molecule is COC(NC(=O)CCCc1cccs1)(OC)c1ccccc1. The van der Waals surface area contributed by atoms with Gasteiger partial charge in [0.05, 0.1) is 0 Å². The maximum absolute atomic E-state index is 12.2. The number of hydrogen-bond donors (Lipinski definition) is 1. The first-order valence-corrected chi connectivity index (χ1v) is 8.07. The largest absolute Gasteiger partial charge is 0.332 e. The Balaban J connectivity index is 1.94. The zero-order valence-electron chi connectivity index (χ0n) is 12.9. The van der Waals surface area contributed by atoms with Crippen molar-refractivity contribution in [3.05, 3.63) is 58.3 Å². The standard InChI is InChI=1S/C17H21NO3S/c1-20-17(21-2,14-8-4-3-5-9-14)18-16(19)12-6-10-15-11-7-13-22-15/h3-5,7-9,11,13H,6,10,12H2,1-2H3,(H,18,19). The number of carbonyl (C=O) groups excluding carboxylic acids is 1. The third-order valence-corrected chi connectivity index (χ3v) is 4.38. The van der Waals surface area contributed by atoms with Crippen molar-refractivity contribution in [2.75, 3.05) is 14.2 Å². The maximum atomic E-state index is 12.2. The van der Waals surface area contributed by atoms with Crippen molar-refractivity contribution in [2.24, 2.45) is 0 Å². The molecule has 2 rings (SSSR count). The highest BCUT2D eigenvalue weighted by Crippen LogP contribution is 2.23. The van der Waals surface area contributed by atoms with Crippen LogP contribution in [0.1, 0.15) is 23.3 Å². The molecular formula is C17H21NO3S. The van der Waals surface area contributed by atoms with Crippen LogP contribution in [-0.2, 0) is 26.6 Å². The van der Waals surface area contributed by atoms with E-state index in [-0.39, 0.29) is 5.91 Å². The predicted molar refractivity (Wildman–Crippen MR) is 87.5 cm³/mol. The number of thiophene rings is 1. The van der Waals surface area contributed by atoms with E-state index in [0.717, 1.165) is 18.4 Å². The van der Waals surface area contributed by atoms with E-state index in [4.69, 9.17) is 9.47 Å². The number of methoxy groups -OCH3 is 2. The molecule has 0 fully saturated rings. The molecule has 1 N–H and O–H groups in total. The molecule has 5 heteroatoms. The normalized spacial score (nSPS) is 11.4. The van der Waals surface area contributed by atoms with E-state index in [1.54, 1.807) is 11.3 Å². The summed E-state index contributed by atoms with van der Waals surface area (Å²) in [4.78, 5) is 13.5. The molecule has 0 aliphatic rings. The number of hydrogen-bond acceptors (Lipinski definition) is 4. The molecule has 1 aromatic carbocycles. The molecule has 0 unspecified atom stereocenters. The van der Waals surface area contributed by atoms with Crippen molar-refractivity contribution in [3.63, 3.8) is 0 Å². The first-order valence-electron chi connectivity index (χ1n) is 7.19. The molecule has 0 aliphatic carbocycles. The minimum atomic E-state index is -1.23. The molecule has 1 aromatic heterocycles. The third kappa shape index (κ3) is 4.16. The van der Waals surface area contributed by atoms with Crippen LogP contribution in [-0.4, -0.2) is 20.1 Å². The van der Waals surface area contributed by atoms with Gasteiger partial charge in [-0.15, -0.1) is 11.3 Å². The summed E-state index contributed by atoms with van der Waals surface area (Å²) in [7, 11) is 3.03. The molecule has 1 amide bonds. The van der Waals surface area contributed by atoms with Crippen LogP contribution in [0.4, 0.5) is 0 Å². The van der Waals surface area contributed by atoms with Gasteiger partial charge in [-0.25, -0.2) is 0 Å². The van der Waals surface area contributed by atoms with E-state index in [1.165, 1.54) is 19.1 Å². The third-order valence-electron chi connectivity index (χ3n) is 3.44. The van der Waals surface area contributed by atoms with Gasteiger partial charge in [0.15, 0.2) is 0 Å². The second kappa shape index (κ2) is 8.08. The van der Waals surface area contributed by atoms with E-state index in [1.807, 2.05) is 41.8 Å². The zero-order chi connectivity index (χ0) is 15.8. The van der Waals surface area contributed by atoms with Gasteiger partial charge in [0, 0.05) is 31.1 Å². The number of aryl methyl sites for hydroxylation is 1.